The summed E-state index contributed by atoms with van der Waals surface area (Å²) in [5, 5.41) is 5.39. The summed E-state index contributed by atoms with van der Waals surface area (Å²) >= 11 is 12.4. The fourth-order valence-corrected chi connectivity index (χ4v) is 5.31. The van der Waals surface area contributed by atoms with Crippen LogP contribution in [0.15, 0.2) is 33.4 Å². The van der Waals surface area contributed by atoms with Crippen molar-refractivity contribution in [2.75, 3.05) is 26.2 Å². The lowest BCUT2D eigenvalue weighted by Gasteiger charge is -2.34. The van der Waals surface area contributed by atoms with Gasteiger partial charge in [0.05, 0.1) is 15.3 Å². The lowest BCUT2D eigenvalue weighted by atomic mass is 10.3. The summed E-state index contributed by atoms with van der Waals surface area (Å²) in [5.41, 5.74) is 0. The first-order valence-electron chi connectivity index (χ1n) is 8.07. The minimum atomic E-state index is 0.620. The lowest BCUT2D eigenvalue weighted by molar-refractivity contribution is 0.0989. The molecule has 0 spiro atoms. The molecule has 5 nitrogen and oxygen atoms in total. The average molecular weight is 456 g/mol. The first kappa shape index (κ1) is 17.6. The van der Waals surface area contributed by atoms with E-state index in [1.807, 2.05) is 22.1 Å². The third-order valence-corrected chi connectivity index (χ3v) is 7.05. The van der Waals surface area contributed by atoms with E-state index in [1.165, 1.54) is 8.66 Å². The molecule has 0 amide bonds. The minimum Gasteiger partial charge on any atom is -0.296 e. The Morgan fingerprint density at radius 1 is 1.16 bits per heavy atom. The second kappa shape index (κ2) is 7.81. The van der Waals surface area contributed by atoms with Gasteiger partial charge in [0, 0.05) is 37.6 Å². The maximum Gasteiger partial charge on any atom is 0.217 e. The van der Waals surface area contributed by atoms with Crippen molar-refractivity contribution >= 4 is 50.8 Å². The smallest absolute Gasteiger partial charge is 0.217 e. The van der Waals surface area contributed by atoms with Gasteiger partial charge in [-0.1, -0.05) is 6.07 Å². The number of aromatic amines is 1. The predicted octanol–water partition coefficient (Wildman–Crippen LogP) is 4.27. The third-order valence-electron chi connectivity index (χ3n) is 4.25. The number of thiophene rings is 2. The van der Waals surface area contributed by atoms with Crippen molar-refractivity contribution in [2.45, 2.75) is 13.2 Å². The van der Waals surface area contributed by atoms with Gasteiger partial charge in [0.15, 0.2) is 5.82 Å². The largest absolute Gasteiger partial charge is 0.296 e. The van der Waals surface area contributed by atoms with Crippen LogP contribution < -0.4 is 0 Å². The van der Waals surface area contributed by atoms with E-state index < -0.39 is 0 Å². The summed E-state index contributed by atoms with van der Waals surface area (Å²) in [6.07, 6.45) is 0. The number of aromatic nitrogens is 3. The van der Waals surface area contributed by atoms with Crippen molar-refractivity contribution in [3.63, 3.8) is 0 Å². The van der Waals surface area contributed by atoms with Gasteiger partial charge in [0.25, 0.3) is 0 Å². The molecule has 0 unspecified atom stereocenters. The molecule has 0 radical (unpaired) electrons. The van der Waals surface area contributed by atoms with E-state index in [2.05, 4.69) is 59.4 Å². The standard InChI is InChI=1S/C16H18BrN5S3/c17-14-4-3-12(25-14)10-20-5-7-21(8-6-20)11-22-16(23)18-15(19-22)13-2-1-9-24-13/h1-4,9H,5-8,10-11H2,(H,18,19,23). The fraction of sp³-hybridized carbons (Fsp3) is 0.375. The second-order valence-electron chi connectivity index (χ2n) is 6.00. The van der Waals surface area contributed by atoms with Crippen LogP contribution in [-0.2, 0) is 13.2 Å². The van der Waals surface area contributed by atoms with Gasteiger partial charge >= 0.3 is 0 Å². The van der Waals surface area contributed by atoms with Gasteiger partial charge in [-0.15, -0.1) is 22.7 Å². The number of hydrogen-bond donors (Lipinski definition) is 1. The van der Waals surface area contributed by atoms with Crippen molar-refractivity contribution in [3.8, 4) is 10.7 Å². The SMILES string of the molecule is S=c1nc(-c2cccs2)[nH]n1CN1CCN(Cc2ccc(Br)s2)CC1. The Bertz CT molecular complexity index is 874. The highest BCUT2D eigenvalue weighted by molar-refractivity contribution is 9.11. The molecule has 0 saturated carbocycles. The van der Waals surface area contributed by atoms with Gasteiger partial charge in [-0.2, -0.15) is 4.98 Å². The van der Waals surface area contributed by atoms with Crippen molar-refractivity contribution in [3.05, 3.63) is 43.1 Å². The number of nitrogens with zero attached hydrogens (tertiary/aromatic N) is 4. The monoisotopic (exact) mass is 455 g/mol. The van der Waals surface area contributed by atoms with Crippen molar-refractivity contribution in [1.29, 1.82) is 0 Å². The van der Waals surface area contributed by atoms with Crippen LogP contribution in [0.5, 0.6) is 0 Å². The average Bonchev–Trinajstić information content (AvgIpc) is 3.32. The number of hydrogen-bond acceptors (Lipinski definition) is 6. The molecule has 132 valence electrons. The Morgan fingerprint density at radius 3 is 2.64 bits per heavy atom. The van der Waals surface area contributed by atoms with Crippen LogP contribution in [0.3, 0.4) is 0 Å². The van der Waals surface area contributed by atoms with Gasteiger partial charge in [-0.3, -0.25) is 14.9 Å². The maximum absolute atomic E-state index is 5.41. The fourth-order valence-electron chi connectivity index (χ4n) is 2.92. The molecular formula is C16H18BrN5S3. The van der Waals surface area contributed by atoms with E-state index in [4.69, 9.17) is 12.2 Å². The summed E-state index contributed by atoms with van der Waals surface area (Å²) in [6, 6.07) is 8.42. The molecule has 0 bridgehead atoms. The highest BCUT2D eigenvalue weighted by Crippen LogP contribution is 2.24. The van der Waals surface area contributed by atoms with E-state index in [9.17, 15) is 0 Å². The molecule has 1 N–H and O–H groups in total. The van der Waals surface area contributed by atoms with Crippen molar-refractivity contribution in [1.82, 2.24) is 24.6 Å². The van der Waals surface area contributed by atoms with E-state index in [0.717, 1.165) is 50.1 Å². The quantitative estimate of drug-likeness (QED) is 0.583. The Kier molecular flexibility index (Phi) is 5.49. The predicted molar refractivity (Wildman–Crippen MR) is 110 cm³/mol. The number of rotatable bonds is 5. The molecule has 1 saturated heterocycles. The lowest BCUT2D eigenvalue weighted by Crippen LogP contribution is -2.46. The van der Waals surface area contributed by atoms with E-state index >= 15 is 0 Å². The molecule has 0 atom stereocenters. The Hall–Kier alpha value is -0.840. The van der Waals surface area contributed by atoms with Gasteiger partial charge < -0.3 is 0 Å². The highest BCUT2D eigenvalue weighted by atomic mass is 79.9. The van der Waals surface area contributed by atoms with E-state index in [1.54, 1.807) is 11.3 Å². The van der Waals surface area contributed by atoms with Crippen LogP contribution in [0, 0.1) is 4.77 Å². The minimum absolute atomic E-state index is 0.620. The molecule has 3 aromatic rings. The van der Waals surface area contributed by atoms with Gasteiger partial charge in [0.2, 0.25) is 4.77 Å². The number of halogens is 1. The molecular weight excluding hydrogens is 438 g/mol. The van der Waals surface area contributed by atoms with E-state index in [-0.39, 0.29) is 0 Å². The van der Waals surface area contributed by atoms with Crippen LogP contribution in [0.25, 0.3) is 10.7 Å². The summed E-state index contributed by atoms with van der Waals surface area (Å²) < 4.78 is 3.79. The number of piperazine rings is 1. The number of nitrogens with one attached hydrogen (secondary N) is 1. The summed E-state index contributed by atoms with van der Waals surface area (Å²) in [5.74, 6) is 0.863. The van der Waals surface area contributed by atoms with Crippen LogP contribution >= 0.6 is 50.8 Å². The van der Waals surface area contributed by atoms with Gasteiger partial charge in [-0.05, 0) is 51.7 Å². The highest BCUT2D eigenvalue weighted by Gasteiger charge is 2.18. The zero-order valence-corrected chi connectivity index (χ0v) is 17.6. The zero-order valence-electron chi connectivity index (χ0n) is 13.5. The van der Waals surface area contributed by atoms with Gasteiger partial charge in [-0.25, -0.2) is 4.68 Å². The molecule has 3 aromatic heterocycles. The van der Waals surface area contributed by atoms with Crippen LogP contribution in [0.2, 0.25) is 0 Å². The van der Waals surface area contributed by atoms with Crippen LogP contribution in [0.1, 0.15) is 4.88 Å². The van der Waals surface area contributed by atoms with Gasteiger partial charge in [0.1, 0.15) is 0 Å². The molecule has 9 heteroatoms. The molecule has 4 rings (SSSR count). The molecule has 1 aliphatic heterocycles. The van der Waals surface area contributed by atoms with Crippen molar-refractivity contribution < 1.29 is 0 Å². The molecule has 1 fully saturated rings. The first-order valence-corrected chi connectivity index (χ1v) is 11.0. The molecule has 0 aromatic carbocycles. The summed E-state index contributed by atoms with van der Waals surface area (Å²) in [7, 11) is 0. The second-order valence-corrected chi connectivity index (χ2v) is 9.86. The summed E-state index contributed by atoms with van der Waals surface area (Å²) in [6.45, 7) is 6.05. The van der Waals surface area contributed by atoms with E-state index in [0.29, 0.717) is 4.77 Å². The topological polar surface area (TPSA) is 40.1 Å². The van der Waals surface area contributed by atoms with Crippen molar-refractivity contribution in [2.24, 2.45) is 0 Å². The molecule has 25 heavy (non-hydrogen) atoms. The Labute approximate surface area is 168 Å². The molecule has 4 heterocycles. The molecule has 1 aliphatic rings. The van der Waals surface area contributed by atoms with Crippen LogP contribution in [-0.4, -0.2) is 50.7 Å². The van der Waals surface area contributed by atoms with Crippen LogP contribution in [0.4, 0.5) is 0 Å². The zero-order chi connectivity index (χ0) is 17.2. The Balaban J connectivity index is 1.33. The molecule has 0 aliphatic carbocycles. The maximum atomic E-state index is 5.41. The first-order chi connectivity index (χ1) is 12.2. The normalized spacial score (nSPS) is 16.5. The Morgan fingerprint density at radius 2 is 1.96 bits per heavy atom. The third kappa shape index (κ3) is 4.29. The number of H-pyrrole nitrogens is 1. The summed E-state index contributed by atoms with van der Waals surface area (Å²) in [4.78, 5) is 12.0.